The number of hydrogen-bond acceptors (Lipinski definition) is 4. The minimum Gasteiger partial charge on any atom is -0.421 e. The Labute approximate surface area is 129 Å². The molecule has 0 fully saturated rings. The third-order valence-electron chi connectivity index (χ3n) is 3.61. The lowest BCUT2D eigenvalue weighted by Crippen LogP contribution is -1.94. The minimum atomic E-state index is 0.403. The van der Waals surface area contributed by atoms with Crippen molar-refractivity contribution < 1.29 is 4.42 Å². The van der Waals surface area contributed by atoms with Crippen LogP contribution in [0.5, 0.6) is 0 Å². The quantitative estimate of drug-likeness (QED) is 0.703. The number of hydrogen-bond donors (Lipinski definition) is 2. The maximum atomic E-state index is 5.93. The van der Waals surface area contributed by atoms with E-state index in [1.165, 1.54) is 5.56 Å². The molecule has 4 nitrogen and oxygen atoms in total. The molecule has 0 aliphatic heterocycles. The molecule has 0 aliphatic rings. The molecule has 0 atom stereocenters. The molecular formula is C18H19N3O. The lowest BCUT2D eigenvalue weighted by atomic mass is 10.1. The van der Waals surface area contributed by atoms with Crippen molar-refractivity contribution >= 4 is 11.6 Å². The number of anilines is 2. The van der Waals surface area contributed by atoms with E-state index < -0.39 is 0 Å². The zero-order valence-electron chi connectivity index (χ0n) is 12.3. The van der Waals surface area contributed by atoms with E-state index in [0.717, 1.165) is 30.5 Å². The topological polar surface area (TPSA) is 78.1 Å². The zero-order chi connectivity index (χ0) is 15.4. The normalized spacial score (nSPS) is 10.7. The Balaban J connectivity index is 1.66. The summed E-state index contributed by atoms with van der Waals surface area (Å²) in [5, 5.41) is 0. The van der Waals surface area contributed by atoms with Gasteiger partial charge < -0.3 is 15.9 Å². The Bertz CT molecular complexity index is 733. The summed E-state index contributed by atoms with van der Waals surface area (Å²) in [6.07, 6.45) is 2.80. The molecule has 4 N–H and O–H groups in total. The molecule has 112 valence electrons. The van der Waals surface area contributed by atoms with E-state index in [1.807, 2.05) is 30.3 Å². The van der Waals surface area contributed by atoms with Crippen molar-refractivity contribution in [2.75, 3.05) is 11.5 Å². The fourth-order valence-corrected chi connectivity index (χ4v) is 2.40. The summed E-state index contributed by atoms with van der Waals surface area (Å²) in [7, 11) is 0. The summed E-state index contributed by atoms with van der Waals surface area (Å²) in [5.74, 6) is 0.951. The Morgan fingerprint density at radius 1 is 0.864 bits per heavy atom. The molecule has 0 unspecified atom stereocenters. The monoisotopic (exact) mass is 293 g/mol. The molecule has 4 heteroatoms. The van der Waals surface area contributed by atoms with Crippen LogP contribution in [0.25, 0.3) is 11.5 Å². The van der Waals surface area contributed by atoms with E-state index in [1.54, 1.807) is 0 Å². The first kappa shape index (κ1) is 14.2. The highest BCUT2D eigenvalue weighted by Crippen LogP contribution is 2.25. The highest BCUT2D eigenvalue weighted by atomic mass is 16.4. The Kier molecular flexibility index (Phi) is 4.10. The molecule has 0 aliphatic carbocycles. The van der Waals surface area contributed by atoms with Gasteiger partial charge in [0.15, 0.2) is 0 Å². The summed E-state index contributed by atoms with van der Waals surface area (Å²) in [5.41, 5.74) is 15.4. The van der Waals surface area contributed by atoms with Gasteiger partial charge in [-0.25, -0.2) is 4.98 Å². The highest BCUT2D eigenvalue weighted by molar-refractivity contribution is 5.59. The molecule has 0 saturated carbocycles. The van der Waals surface area contributed by atoms with Gasteiger partial charge in [-0.3, -0.25) is 0 Å². The predicted octanol–water partition coefficient (Wildman–Crippen LogP) is 3.68. The number of aromatic nitrogens is 1. The van der Waals surface area contributed by atoms with Crippen LogP contribution in [0.4, 0.5) is 11.6 Å². The number of benzene rings is 2. The van der Waals surface area contributed by atoms with Gasteiger partial charge >= 0.3 is 0 Å². The van der Waals surface area contributed by atoms with Gasteiger partial charge in [0.1, 0.15) is 5.69 Å². The average molecular weight is 293 g/mol. The second kappa shape index (κ2) is 6.35. The largest absolute Gasteiger partial charge is 0.421 e. The molecule has 0 saturated heterocycles. The molecular weight excluding hydrogens is 274 g/mol. The van der Waals surface area contributed by atoms with E-state index in [4.69, 9.17) is 15.9 Å². The fraction of sp³-hybridized carbons (Fsp3) is 0.167. The van der Waals surface area contributed by atoms with Crippen LogP contribution in [0.15, 0.2) is 59.0 Å². The molecule has 1 aromatic heterocycles. The van der Waals surface area contributed by atoms with Crippen molar-refractivity contribution in [2.24, 2.45) is 0 Å². The van der Waals surface area contributed by atoms with Crippen molar-refractivity contribution in [3.8, 4) is 11.5 Å². The van der Waals surface area contributed by atoms with E-state index >= 15 is 0 Å². The molecule has 0 bridgehead atoms. The van der Waals surface area contributed by atoms with Gasteiger partial charge in [-0.1, -0.05) is 30.3 Å². The van der Waals surface area contributed by atoms with Crippen molar-refractivity contribution in [3.05, 3.63) is 65.9 Å². The van der Waals surface area contributed by atoms with Crippen LogP contribution in [0, 0.1) is 0 Å². The summed E-state index contributed by atoms with van der Waals surface area (Å²) in [6.45, 7) is 0. The fourth-order valence-electron chi connectivity index (χ4n) is 2.40. The van der Waals surface area contributed by atoms with E-state index in [-0.39, 0.29) is 0 Å². The van der Waals surface area contributed by atoms with Crippen LogP contribution in [-0.4, -0.2) is 4.98 Å². The summed E-state index contributed by atoms with van der Waals surface area (Å²) >= 11 is 0. The summed E-state index contributed by atoms with van der Waals surface area (Å²) in [6, 6.07) is 17.8. The average Bonchev–Trinajstić information content (AvgIpc) is 2.90. The first-order valence-corrected chi connectivity index (χ1v) is 7.37. The van der Waals surface area contributed by atoms with Gasteiger partial charge in [-0.05, 0) is 49.1 Å². The Morgan fingerprint density at radius 3 is 2.32 bits per heavy atom. The molecule has 22 heavy (non-hydrogen) atoms. The highest BCUT2D eigenvalue weighted by Gasteiger charge is 2.11. The zero-order valence-corrected chi connectivity index (χ0v) is 12.3. The molecule has 0 spiro atoms. The van der Waals surface area contributed by atoms with Crippen LogP contribution >= 0.6 is 0 Å². The number of nitrogen functional groups attached to an aromatic ring is 2. The van der Waals surface area contributed by atoms with Crippen LogP contribution in [0.3, 0.4) is 0 Å². The molecule has 3 rings (SSSR count). The van der Waals surface area contributed by atoms with E-state index in [0.29, 0.717) is 17.5 Å². The Hall–Kier alpha value is -2.75. The lowest BCUT2D eigenvalue weighted by Gasteiger charge is -1.99. The van der Waals surface area contributed by atoms with E-state index in [9.17, 15) is 0 Å². The van der Waals surface area contributed by atoms with Crippen LogP contribution in [-0.2, 0) is 12.8 Å². The van der Waals surface area contributed by atoms with Crippen LogP contribution in [0.1, 0.15) is 17.7 Å². The van der Waals surface area contributed by atoms with E-state index in [2.05, 4.69) is 29.2 Å². The number of aryl methyl sites for hydroxylation is 2. The third-order valence-corrected chi connectivity index (χ3v) is 3.61. The molecule has 0 radical (unpaired) electrons. The van der Waals surface area contributed by atoms with Crippen molar-refractivity contribution in [2.45, 2.75) is 19.3 Å². The van der Waals surface area contributed by atoms with Crippen molar-refractivity contribution in [1.82, 2.24) is 4.98 Å². The minimum absolute atomic E-state index is 0.403. The van der Waals surface area contributed by atoms with Gasteiger partial charge in [0.25, 0.3) is 0 Å². The number of nitrogens with two attached hydrogens (primary N) is 2. The first-order chi connectivity index (χ1) is 10.7. The van der Waals surface area contributed by atoms with Crippen LogP contribution in [0.2, 0.25) is 0 Å². The standard InChI is InChI=1S/C18H19N3O/c19-15-11-9-14(10-12-15)18-21-16(17(20)22-18)8-4-7-13-5-2-1-3-6-13/h1-3,5-6,9-12H,4,7-8,19-20H2. The molecule has 0 amide bonds. The van der Waals surface area contributed by atoms with Gasteiger partial charge in [-0.2, -0.15) is 0 Å². The smallest absolute Gasteiger partial charge is 0.228 e. The second-order valence-corrected chi connectivity index (χ2v) is 5.29. The first-order valence-electron chi connectivity index (χ1n) is 7.37. The van der Waals surface area contributed by atoms with Gasteiger partial charge in [0, 0.05) is 11.3 Å². The SMILES string of the molecule is Nc1ccc(-c2nc(CCCc3ccccc3)c(N)o2)cc1. The third kappa shape index (κ3) is 3.28. The molecule has 3 aromatic rings. The van der Waals surface area contributed by atoms with Gasteiger partial charge in [-0.15, -0.1) is 0 Å². The Morgan fingerprint density at radius 2 is 1.59 bits per heavy atom. The lowest BCUT2D eigenvalue weighted by molar-refractivity contribution is 0.592. The van der Waals surface area contributed by atoms with Crippen molar-refractivity contribution in [3.63, 3.8) is 0 Å². The van der Waals surface area contributed by atoms with Gasteiger partial charge in [0.2, 0.25) is 11.8 Å². The molecule has 2 aromatic carbocycles. The predicted molar refractivity (Wildman–Crippen MR) is 89.2 cm³/mol. The second-order valence-electron chi connectivity index (χ2n) is 5.29. The molecule has 1 heterocycles. The number of oxazole rings is 1. The maximum absolute atomic E-state index is 5.93. The maximum Gasteiger partial charge on any atom is 0.228 e. The number of rotatable bonds is 5. The summed E-state index contributed by atoms with van der Waals surface area (Å²) < 4.78 is 5.57. The van der Waals surface area contributed by atoms with Crippen molar-refractivity contribution in [1.29, 1.82) is 0 Å². The van der Waals surface area contributed by atoms with Crippen LogP contribution < -0.4 is 11.5 Å². The summed E-state index contributed by atoms with van der Waals surface area (Å²) in [4.78, 5) is 4.51. The van der Waals surface area contributed by atoms with Gasteiger partial charge in [0.05, 0.1) is 0 Å². The number of nitrogens with zero attached hydrogens (tertiary/aromatic N) is 1.